The molecule has 382 valence electrons. The van der Waals surface area contributed by atoms with E-state index >= 15 is 0 Å². The van der Waals surface area contributed by atoms with E-state index in [-0.39, 0.29) is 43.6 Å². The van der Waals surface area contributed by atoms with Crippen molar-refractivity contribution in [3.05, 3.63) is 191 Å². The summed E-state index contributed by atoms with van der Waals surface area (Å²) in [5, 5.41) is 26.5. The number of nitrogen functional groups attached to an aromatic ring is 1. The van der Waals surface area contributed by atoms with Gasteiger partial charge >= 0.3 is 0 Å². The van der Waals surface area contributed by atoms with Crippen LogP contribution in [-0.4, -0.2) is 75.0 Å². The minimum absolute atomic E-state index is 0. The van der Waals surface area contributed by atoms with Crippen LogP contribution >= 0.6 is 47.8 Å². The van der Waals surface area contributed by atoms with Crippen molar-refractivity contribution < 1.29 is 49.7 Å². The molecule has 8 aromatic rings. The third kappa shape index (κ3) is 17.3. The standard InChI is InChI=1S/C23H22BrN5O2.C12H10Br2N2O.C11H13N3O.2C2H4O2.Pd/c1-15-13-28(14-25-15)20-10-9-18(11-21(20)31-3)27-22-19(24)12-26-29(23(22)30)16(2)17-7-5-4-6-8-17;1-8(9-5-3-2-4-6-9)16-12(17)11(14)10(13)7-15-16;1-8-6-14(7-13-8)10-4-3-9(12)5-11(10)15-2;2*1-2(3)4;/h4-14,16,27H,1-3H3;2-8H,1H3;3-7H,12H2,1-2H3;2*1H3,(H,3,4);. The van der Waals surface area contributed by atoms with Crippen LogP contribution < -0.4 is 31.6 Å². The number of anilines is 3. The minimum Gasteiger partial charge on any atom is -0.494 e. The first kappa shape index (κ1) is 59.6. The first-order chi connectivity index (χ1) is 33.7. The van der Waals surface area contributed by atoms with E-state index in [0.29, 0.717) is 30.5 Å². The molecule has 22 heteroatoms. The number of hydrogen-bond donors (Lipinski definition) is 4. The predicted octanol–water partition coefficient (Wildman–Crippen LogP) is 10.2. The number of rotatable bonds is 10. The molecule has 0 amide bonds. The fraction of sp³-hybridized carbons (Fsp3) is 0.200. The monoisotopic (exact) mass is 1260 g/mol. The van der Waals surface area contributed by atoms with Gasteiger partial charge in [-0.3, -0.25) is 19.2 Å². The molecule has 0 aliphatic heterocycles. The second-order valence-electron chi connectivity index (χ2n) is 15.2. The van der Waals surface area contributed by atoms with E-state index in [4.69, 9.17) is 35.0 Å². The van der Waals surface area contributed by atoms with Crippen molar-refractivity contribution in [2.75, 3.05) is 25.3 Å². The number of carboxylic acids is 2. The van der Waals surface area contributed by atoms with Gasteiger partial charge in [-0.2, -0.15) is 10.2 Å². The van der Waals surface area contributed by atoms with Crippen LogP contribution in [0.25, 0.3) is 11.4 Å². The molecule has 8 rings (SSSR count). The van der Waals surface area contributed by atoms with Crippen molar-refractivity contribution in [2.24, 2.45) is 0 Å². The normalized spacial score (nSPS) is 10.9. The Morgan fingerprint density at radius 2 is 1.07 bits per heavy atom. The number of carbonyl (C=O) groups is 2. The van der Waals surface area contributed by atoms with Gasteiger partial charge in [-0.05, 0) is 111 Å². The molecule has 0 spiro atoms. The number of aryl methyl sites for hydroxylation is 2. The summed E-state index contributed by atoms with van der Waals surface area (Å²) >= 11 is 9.97. The number of methoxy groups -OCH3 is 2. The number of nitrogens with one attached hydrogen (secondary N) is 1. The molecule has 2 atom stereocenters. The van der Waals surface area contributed by atoms with Gasteiger partial charge in [0.25, 0.3) is 23.1 Å². The Labute approximate surface area is 454 Å². The van der Waals surface area contributed by atoms with E-state index in [1.54, 1.807) is 45.3 Å². The quantitative estimate of drug-likeness (QED) is 0.0737. The summed E-state index contributed by atoms with van der Waals surface area (Å²) in [6.07, 6.45) is 10.6. The molecule has 0 radical (unpaired) electrons. The largest absolute Gasteiger partial charge is 0.494 e. The summed E-state index contributed by atoms with van der Waals surface area (Å²) in [6.45, 7) is 9.94. The third-order valence-corrected chi connectivity index (χ3v) is 12.3. The van der Waals surface area contributed by atoms with Crippen molar-refractivity contribution in [3.8, 4) is 22.9 Å². The fourth-order valence-electron chi connectivity index (χ4n) is 6.41. The number of carboxylic acid groups (broad SMARTS) is 2. The summed E-state index contributed by atoms with van der Waals surface area (Å²) < 4.78 is 19.3. The van der Waals surface area contributed by atoms with Gasteiger partial charge in [0, 0.05) is 70.2 Å². The molecule has 4 aromatic carbocycles. The summed E-state index contributed by atoms with van der Waals surface area (Å²) in [5.41, 5.74) is 12.9. The molecule has 18 nitrogen and oxygen atoms in total. The maximum absolute atomic E-state index is 13.2. The zero-order valence-corrected chi connectivity index (χ0v) is 46.6. The molecule has 4 aromatic heterocycles. The molecule has 4 heterocycles. The van der Waals surface area contributed by atoms with Gasteiger partial charge in [0.1, 0.15) is 21.7 Å². The van der Waals surface area contributed by atoms with Gasteiger partial charge in [-0.15, -0.1) is 0 Å². The molecule has 0 aliphatic rings. The van der Waals surface area contributed by atoms with E-state index < -0.39 is 11.9 Å². The summed E-state index contributed by atoms with van der Waals surface area (Å²) in [4.78, 5) is 51.7. The average Bonchev–Trinajstić information content (AvgIpc) is 3.99. The zero-order chi connectivity index (χ0) is 52.4. The van der Waals surface area contributed by atoms with Crippen LogP contribution in [0.15, 0.2) is 158 Å². The van der Waals surface area contributed by atoms with E-state index in [1.165, 1.54) is 9.36 Å². The number of halogens is 3. The number of ether oxygens (including phenoxy) is 2. The molecule has 0 bridgehead atoms. The summed E-state index contributed by atoms with van der Waals surface area (Å²) in [6, 6.07) is 30.5. The topological polar surface area (TPSA) is 237 Å². The number of aliphatic carboxylic acids is 2. The number of nitrogens with zero attached hydrogens (tertiary/aromatic N) is 8. The maximum Gasteiger partial charge on any atom is 0.300 e. The molecule has 2 unspecified atom stereocenters. The number of imidazole rings is 2. The van der Waals surface area contributed by atoms with Crippen molar-refractivity contribution >= 4 is 76.8 Å². The molecular weight excluding hydrogens is 1210 g/mol. The van der Waals surface area contributed by atoms with Gasteiger partial charge in [-0.1, -0.05) is 60.7 Å². The zero-order valence-electron chi connectivity index (χ0n) is 40.3. The molecule has 0 fully saturated rings. The Bertz CT molecular complexity index is 3130. The van der Waals surface area contributed by atoms with Crippen LogP contribution in [0.2, 0.25) is 0 Å². The fourth-order valence-corrected chi connectivity index (χ4v) is 7.31. The predicted molar refractivity (Wildman–Crippen MR) is 285 cm³/mol. The minimum atomic E-state index is -0.833. The van der Waals surface area contributed by atoms with E-state index in [1.807, 2.05) is 140 Å². The summed E-state index contributed by atoms with van der Waals surface area (Å²) in [7, 11) is 3.24. The van der Waals surface area contributed by atoms with Crippen LogP contribution in [0.3, 0.4) is 0 Å². The molecule has 5 N–H and O–H groups in total. The van der Waals surface area contributed by atoms with Gasteiger partial charge < -0.3 is 39.9 Å². The van der Waals surface area contributed by atoms with Gasteiger partial charge in [0.05, 0.1) is 83.1 Å². The molecular formula is C50H53Br3N10O8Pd. The number of nitrogens with two attached hydrogens (primary N) is 1. The van der Waals surface area contributed by atoms with Crippen LogP contribution in [0.5, 0.6) is 11.5 Å². The smallest absolute Gasteiger partial charge is 0.300 e. The Morgan fingerprint density at radius 1 is 0.653 bits per heavy atom. The van der Waals surface area contributed by atoms with Crippen molar-refractivity contribution in [1.82, 2.24) is 38.7 Å². The van der Waals surface area contributed by atoms with Crippen molar-refractivity contribution in [2.45, 2.75) is 53.6 Å². The van der Waals surface area contributed by atoms with E-state index in [0.717, 1.165) is 59.2 Å². The van der Waals surface area contributed by atoms with Crippen LogP contribution in [0.4, 0.5) is 17.1 Å². The number of benzene rings is 4. The second kappa shape index (κ2) is 29.0. The van der Waals surface area contributed by atoms with Crippen molar-refractivity contribution in [3.63, 3.8) is 0 Å². The third-order valence-electron chi connectivity index (χ3n) is 9.79. The van der Waals surface area contributed by atoms with Gasteiger partial charge in [0.2, 0.25) is 0 Å². The molecule has 0 saturated carbocycles. The Balaban J connectivity index is 0.000000282. The second-order valence-corrected chi connectivity index (χ2v) is 17.7. The molecule has 72 heavy (non-hydrogen) atoms. The number of hydrogen-bond acceptors (Lipinski definition) is 12. The first-order valence-electron chi connectivity index (χ1n) is 21.4. The number of aromatic nitrogens is 8. The van der Waals surface area contributed by atoms with E-state index in [2.05, 4.69) is 73.3 Å². The van der Waals surface area contributed by atoms with Gasteiger partial charge in [0.15, 0.2) is 0 Å². The Kier molecular flexibility index (Phi) is 24.0. The first-order valence-corrected chi connectivity index (χ1v) is 23.7. The average molecular weight is 1270 g/mol. The Morgan fingerprint density at radius 3 is 1.50 bits per heavy atom. The molecule has 0 saturated heterocycles. The maximum atomic E-state index is 13.2. The van der Waals surface area contributed by atoms with Gasteiger partial charge in [-0.25, -0.2) is 19.3 Å². The Hall–Kier alpha value is -6.70. The van der Waals surface area contributed by atoms with Crippen LogP contribution in [-0.2, 0) is 30.0 Å². The van der Waals surface area contributed by atoms with E-state index in [9.17, 15) is 9.59 Å². The summed E-state index contributed by atoms with van der Waals surface area (Å²) in [5.74, 6) is -0.266. The van der Waals surface area contributed by atoms with Crippen LogP contribution in [0.1, 0.15) is 62.3 Å². The SMILES string of the molecule is CC(=O)O.CC(=O)O.CC(c1ccccc1)n1ncc(Br)c(Br)c1=O.COc1cc(N)ccc1-n1cnc(C)c1.COc1cc(Nc2c(Br)cnn(C(C)c3ccccc3)c2=O)ccc1-n1cnc(C)c1.[Pd]. The van der Waals surface area contributed by atoms with Crippen molar-refractivity contribution in [1.29, 1.82) is 0 Å². The molecule has 0 aliphatic carbocycles. The van der Waals surface area contributed by atoms with Crippen LogP contribution in [0, 0.1) is 13.8 Å².